The van der Waals surface area contributed by atoms with Crippen molar-refractivity contribution in [2.75, 3.05) is 21.1 Å². The summed E-state index contributed by atoms with van der Waals surface area (Å²) in [6.45, 7) is 9.07. The molecule has 116 heavy (non-hydrogen) atoms. The van der Waals surface area contributed by atoms with E-state index in [1.807, 2.05) is 143 Å². The second kappa shape index (κ2) is 60.3. The van der Waals surface area contributed by atoms with Crippen molar-refractivity contribution in [3.05, 3.63) is 281 Å². The number of benzene rings is 6. The molecule has 0 aliphatic heterocycles. The predicted octanol–water partition coefficient (Wildman–Crippen LogP) is 20.9. The van der Waals surface area contributed by atoms with Crippen molar-refractivity contribution in [3.63, 3.8) is 0 Å². The number of rotatable bonds is 38. The maximum atomic E-state index is 14.2. The predicted molar refractivity (Wildman–Crippen MR) is 509 cm³/mol. The minimum Gasteiger partial charge on any atom is -0.444 e. The van der Waals surface area contributed by atoms with Gasteiger partial charge in [0.05, 0.1) is 48.4 Å². The van der Waals surface area contributed by atoms with E-state index < -0.39 is 18.2 Å². The molecule has 632 valence electrons. The van der Waals surface area contributed by atoms with Crippen LogP contribution in [-0.4, -0.2) is 123 Å². The SMILES string of the molecule is C.C.C.CC(C)c1nc(CN(C)C(=O)N[C@H](C(=O)N(C)[C@H](CC[C@H](Cc2ccccc2)NC(=O)OCc2cncs2)Cc2ccccc2)C(C)C)cs1.CN[C@H](CC[C@H](Cc1ccccc1)NC(=O)OCc1cncs1)Cc1ccccc1.Cl.I.II.N[C@H](CC[C@H](Cc1ccccc1)NC(=O)OCc1cncs1)Cc1ccccc1. The lowest BCUT2D eigenvalue weighted by Crippen LogP contribution is -2.55. The van der Waals surface area contributed by atoms with Gasteiger partial charge in [-0.05, 0) is 123 Å². The number of alkyl carbamates (subject to hydrolysis) is 3. The Bertz CT molecular complexity index is 4160. The molecule has 0 saturated heterocycles. The molecule has 0 aliphatic carbocycles. The molecule has 0 radical (unpaired) electrons. The van der Waals surface area contributed by atoms with Gasteiger partial charge in [-0.25, -0.2) is 24.2 Å². The van der Waals surface area contributed by atoms with Crippen LogP contribution in [0.15, 0.2) is 222 Å². The van der Waals surface area contributed by atoms with E-state index in [-0.39, 0.29) is 133 Å². The summed E-state index contributed by atoms with van der Waals surface area (Å²) in [4.78, 5) is 88.0. The zero-order valence-corrected chi connectivity index (χ0v) is 75.8. The second-order valence-corrected chi connectivity index (χ2v) is 31.5. The van der Waals surface area contributed by atoms with Gasteiger partial charge in [-0.15, -0.1) is 81.7 Å². The Morgan fingerprint density at radius 1 is 0.457 bits per heavy atom. The summed E-state index contributed by atoms with van der Waals surface area (Å²) in [6.07, 6.45) is 13.0. The number of ether oxygens (including phenoxy) is 3. The first-order valence-corrected chi connectivity index (χ1v) is 47.2. The van der Waals surface area contributed by atoms with Crippen molar-refractivity contribution in [1.29, 1.82) is 0 Å². The first kappa shape index (κ1) is 105. The lowest BCUT2D eigenvalue weighted by atomic mass is 9.94. The van der Waals surface area contributed by atoms with Crippen LogP contribution in [-0.2, 0) is 83.9 Å². The summed E-state index contributed by atoms with van der Waals surface area (Å²) in [7, 11) is 5.53. The Morgan fingerprint density at radius 3 is 1.11 bits per heavy atom. The van der Waals surface area contributed by atoms with Crippen molar-refractivity contribution in [3.8, 4) is 0 Å². The fourth-order valence-corrected chi connectivity index (χ4v) is 14.6. The molecule has 0 saturated carbocycles. The number of urea groups is 1. The van der Waals surface area contributed by atoms with E-state index in [9.17, 15) is 24.0 Å². The molecule has 6 aromatic carbocycles. The molecule has 7 N–H and O–H groups in total. The summed E-state index contributed by atoms with van der Waals surface area (Å²) in [5.74, 6) is 0.0184. The average Bonchev–Trinajstić information content (AvgIpc) is 1.11. The second-order valence-electron chi connectivity index (χ2n) is 27.7. The van der Waals surface area contributed by atoms with Crippen LogP contribution in [0.25, 0.3) is 0 Å². The van der Waals surface area contributed by atoms with Gasteiger partial charge in [-0.1, -0.05) is 232 Å². The number of nitrogens with two attached hydrogens (primary N) is 1. The quantitative estimate of drug-likeness (QED) is 0.0155. The Hall–Kier alpha value is -7.21. The first-order valence-electron chi connectivity index (χ1n) is 37.4. The molecule has 4 heterocycles. The summed E-state index contributed by atoms with van der Waals surface area (Å²) >= 11 is 10.2. The van der Waals surface area contributed by atoms with Gasteiger partial charge in [0.1, 0.15) is 25.9 Å². The van der Waals surface area contributed by atoms with Crippen LogP contribution in [0.1, 0.15) is 153 Å². The number of halogens is 4. The number of aromatic nitrogens is 4. The average molecular weight is 2020 g/mol. The maximum absolute atomic E-state index is 14.2. The molecule has 0 aliphatic rings. The zero-order chi connectivity index (χ0) is 79.4. The van der Waals surface area contributed by atoms with E-state index in [1.54, 1.807) is 63.3 Å². The van der Waals surface area contributed by atoms with Crippen LogP contribution in [0.4, 0.5) is 19.2 Å². The molecule has 20 nitrogen and oxygen atoms in total. The summed E-state index contributed by atoms with van der Waals surface area (Å²) < 4.78 is 16.2. The van der Waals surface area contributed by atoms with E-state index in [4.69, 9.17) is 19.9 Å². The first-order chi connectivity index (χ1) is 53.9. The molecular formula is C88H120ClI3N12O8S4. The minimum atomic E-state index is -0.727. The van der Waals surface area contributed by atoms with E-state index >= 15 is 0 Å². The molecule has 0 bridgehead atoms. The number of hydrogen-bond donors (Lipinski definition) is 6. The standard InChI is InChI=1S/C38H50N6O4S2.C24H29N3O2S.C23H27N3O2S.3CH4.ClH.I2.HI/c1-26(2)34(42-37(46)43(5)22-31-24-49-35(40-31)27(3)4)36(45)44(6)32(20-29-15-11-8-12-16-29)18-17-30(19-28-13-9-7-10-14-28)41-38(47)48-23-33-21-39-25-50-33;1-25-21(14-19-8-4-2-5-9-19)12-13-22(15-20-10-6-3-7-11-20)27-24(28)29-17-23-16-26-18-30-23;24-20(13-18-7-3-1-4-8-18)11-12-21(14-19-9-5-2-6-10-19)26-23(27)28-16-22-15-25-17-29-22;;;;;1-2;/h7-16,21,24-27,30,32,34H,17-20,22-23H2,1-6H3,(H,41,47)(H,42,46);2-11,16,18,21-22,25H,12-15,17H2,1H3,(H,27,28);1-10,15,17,20-21H,11-14,16,24H2,(H,26,27);3*1H4;1H;;1H/t30-,32-,34+;21-,22-;20-,21-;;;;;;/m111....../s1. The summed E-state index contributed by atoms with van der Waals surface area (Å²) in [6, 6.07) is 60.1. The van der Waals surface area contributed by atoms with Crippen molar-refractivity contribution in [2.45, 2.75) is 202 Å². The fourth-order valence-electron chi connectivity index (χ4n) is 12.3. The fraction of sp³-hybridized carbons (Fsp3) is 0.398. The van der Waals surface area contributed by atoms with Gasteiger partial charge in [-0.2, -0.15) is 0 Å². The Balaban J connectivity index is 0.000000601. The number of nitrogens with one attached hydrogen (secondary N) is 5. The van der Waals surface area contributed by atoms with Crippen LogP contribution in [0.2, 0.25) is 0 Å². The Morgan fingerprint density at radius 2 is 0.784 bits per heavy atom. The van der Waals surface area contributed by atoms with Gasteiger partial charge < -0.3 is 56.3 Å². The van der Waals surface area contributed by atoms with Gasteiger partial charge in [0.2, 0.25) is 5.91 Å². The number of hydrogen-bond acceptors (Lipinski definition) is 18. The molecule has 0 fully saturated rings. The largest absolute Gasteiger partial charge is 0.444 e. The van der Waals surface area contributed by atoms with Crippen molar-refractivity contribution in [2.24, 2.45) is 11.7 Å². The third-order valence-electron chi connectivity index (χ3n) is 18.3. The molecule has 7 atom stereocenters. The molecule has 0 unspecified atom stereocenters. The third kappa shape index (κ3) is 41.0. The number of likely N-dealkylation sites (N-methyl/N-ethyl adjacent to an activating group) is 2. The highest BCUT2D eigenvalue weighted by atomic mass is 128. The van der Waals surface area contributed by atoms with Crippen molar-refractivity contribution in [1.82, 2.24) is 56.3 Å². The number of nitrogens with zero attached hydrogens (tertiary/aromatic N) is 6. The normalized spacial score (nSPS) is 12.2. The van der Waals surface area contributed by atoms with Crippen molar-refractivity contribution < 1.29 is 38.2 Å². The Labute approximate surface area is 752 Å². The third-order valence-corrected chi connectivity index (χ3v) is 21.8. The van der Waals surface area contributed by atoms with Gasteiger partial charge in [-0.3, -0.25) is 19.7 Å². The van der Waals surface area contributed by atoms with E-state index in [1.165, 1.54) is 56.3 Å². The van der Waals surface area contributed by atoms with Gasteiger partial charge >= 0.3 is 24.3 Å². The number of thiazole rings is 4. The smallest absolute Gasteiger partial charge is 0.407 e. The molecule has 10 aromatic rings. The summed E-state index contributed by atoms with van der Waals surface area (Å²) in [5.41, 5.74) is 19.5. The summed E-state index contributed by atoms with van der Waals surface area (Å²) in [5, 5.41) is 18.6. The van der Waals surface area contributed by atoms with Crippen LogP contribution in [0.5, 0.6) is 0 Å². The monoisotopic (exact) mass is 2020 g/mol. The molecule has 10 rings (SSSR count). The molecule has 4 aromatic heterocycles. The van der Waals surface area contributed by atoms with Gasteiger partial charge in [0.25, 0.3) is 0 Å². The van der Waals surface area contributed by atoms with Crippen LogP contribution in [0.3, 0.4) is 0 Å². The van der Waals surface area contributed by atoms with Crippen LogP contribution < -0.4 is 32.3 Å². The molecular weight excluding hydrogens is 1900 g/mol. The minimum absolute atomic E-state index is 0. The lowest BCUT2D eigenvalue weighted by molar-refractivity contribution is -0.135. The van der Waals surface area contributed by atoms with Gasteiger partial charge in [0.15, 0.2) is 0 Å². The van der Waals surface area contributed by atoms with Gasteiger partial charge in [0, 0.05) is 117 Å². The van der Waals surface area contributed by atoms with Crippen LogP contribution in [0, 0.1) is 5.92 Å². The van der Waals surface area contributed by atoms with E-state index in [0.29, 0.717) is 44.2 Å². The number of amides is 6. The Kier molecular flexibility index (Phi) is 54.5. The molecule has 6 amide bonds. The molecule has 28 heteroatoms. The van der Waals surface area contributed by atoms with Crippen LogP contribution >= 0.6 is 119 Å². The maximum Gasteiger partial charge on any atom is 0.407 e. The lowest BCUT2D eigenvalue weighted by Gasteiger charge is -2.34. The highest BCUT2D eigenvalue weighted by molar-refractivity contribution is 15.0. The topological polar surface area (TPSA) is 257 Å². The van der Waals surface area contributed by atoms with E-state index in [2.05, 4.69) is 170 Å². The number of carbonyl (C=O) groups is 5. The highest BCUT2D eigenvalue weighted by Crippen LogP contribution is 2.24. The zero-order valence-electron chi connectivity index (χ0n) is 65.1. The highest BCUT2D eigenvalue weighted by Gasteiger charge is 2.33. The molecule has 0 spiro atoms. The van der Waals surface area contributed by atoms with E-state index in [0.717, 1.165) is 87.8 Å². The van der Waals surface area contributed by atoms with Crippen molar-refractivity contribution >= 4 is 149 Å². The number of carbonyl (C=O) groups excluding carboxylic acids is 5.